The molecule has 1 heterocycles. The Kier molecular flexibility index (Phi) is 5.68. The Bertz CT molecular complexity index is 1190. The van der Waals surface area contributed by atoms with Gasteiger partial charge in [-0.3, -0.25) is 14.2 Å². The lowest BCUT2D eigenvalue weighted by atomic mass is 9.88. The molecule has 2 aromatic carbocycles. The maximum atomic E-state index is 13.5. The summed E-state index contributed by atoms with van der Waals surface area (Å²) in [6.07, 6.45) is 7.45. The number of anilines is 1. The molecule has 2 fully saturated rings. The van der Waals surface area contributed by atoms with Gasteiger partial charge in [0.2, 0.25) is 5.91 Å². The van der Waals surface area contributed by atoms with Crippen molar-refractivity contribution in [3.63, 3.8) is 0 Å². The first-order valence-electron chi connectivity index (χ1n) is 11.6. The Hall–Kier alpha value is -3.15. The number of nitrogens with zero attached hydrogens (tertiary/aromatic N) is 2. The summed E-state index contributed by atoms with van der Waals surface area (Å²) in [5.41, 5.74) is 2.33. The number of carbonyl (C=O) groups excluding carboxylic acids is 1. The van der Waals surface area contributed by atoms with Crippen LogP contribution in [0, 0.1) is 5.92 Å². The van der Waals surface area contributed by atoms with E-state index in [9.17, 15) is 9.59 Å². The first-order chi connectivity index (χ1) is 15.6. The minimum Gasteiger partial charge on any atom is -0.497 e. The summed E-state index contributed by atoms with van der Waals surface area (Å²) in [6, 6.07) is 13.3. The monoisotopic (exact) mass is 431 g/mol. The predicted octanol–water partition coefficient (Wildman–Crippen LogP) is 4.85. The molecule has 166 valence electrons. The van der Waals surface area contributed by atoms with Crippen molar-refractivity contribution >= 4 is 22.5 Å². The van der Waals surface area contributed by atoms with Gasteiger partial charge in [-0.15, -0.1) is 0 Å². The van der Waals surface area contributed by atoms with Crippen LogP contribution in [-0.4, -0.2) is 22.6 Å². The van der Waals surface area contributed by atoms with Crippen LogP contribution in [0.25, 0.3) is 10.9 Å². The van der Waals surface area contributed by atoms with Crippen LogP contribution in [-0.2, 0) is 11.3 Å². The smallest absolute Gasteiger partial charge is 0.261 e. The molecule has 0 atom stereocenters. The Morgan fingerprint density at radius 3 is 2.50 bits per heavy atom. The van der Waals surface area contributed by atoms with Gasteiger partial charge in [0.1, 0.15) is 11.6 Å². The number of nitrogens with one attached hydrogen (secondary N) is 1. The summed E-state index contributed by atoms with van der Waals surface area (Å²) in [4.78, 5) is 31.1. The molecule has 0 saturated heterocycles. The SMILES string of the molecule is COc1ccc(Cn2c(C3CC3)nc3ccc(NC(=O)C4CCCCC4)cc3c2=O)cc1. The van der Waals surface area contributed by atoms with Gasteiger partial charge in [0.15, 0.2) is 0 Å². The fourth-order valence-corrected chi connectivity index (χ4v) is 4.64. The molecule has 2 saturated carbocycles. The van der Waals surface area contributed by atoms with Crippen molar-refractivity contribution in [3.05, 3.63) is 64.2 Å². The molecule has 0 unspecified atom stereocenters. The second-order valence-electron chi connectivity index (χ2n) is 9.04. The van der Waals surface area contributed by atoms with E-state index >= 15 is 0 Å². The normalized spacial score (nSPS) is 16.8. The van der Waals surface area contributed by atoms with E-state index in [-0.39, 0.29) is 17.4 Å². The van der Waals surface area contributed by atoms with E-state index in [4.69, 9.17) is 9.72 Å². The quantitative estimate of drug-likeness (QED) is 0.606. The average Bonchev–Trinajstić information content (AvgIpc) is 3.67. The molecule has 32 heavy (non-hydrogen) atoms. The lowest BCUT2D eigenvalue weighted by molar-refractivity contribution is -0.120. The van der Waals surface area contributed by atoms with Crippen molar-refractivity contribution in [1.29, 1.82) is 0 Å². The molecular formula is C26H29N3O3. The van der Waals surface area contributed by atoms with Crippen LogP contribution in [0.2, 0.25) is 0 Å². The Balaban J connectivity index is 1.47. The Morgan fingerprint density at radius 2 is 1.81 bits per heavy atom. The zero-order chi connectivity index (χ0) is 22.1. The topological polar surface area (TPSA) is 73.2 Å². The number of rotatable bonds is 6. The number of fused-ring (bicyclic) bond motifs is 1. The number of amides is 1. The summed E-state index contributed by atoms with van der Waals surface area (Å²) in [5, 5.41) is 3.58. The summed E-state index contributed by atoms with van der Waals surface area (Å²) in [6.45, 7) is 0.469. The molecule has 1 aromatic heterocycles. The average molecular weight is 432 g/mol. The maximum Gasteiger partial charge on any atom is 0.261 e. The zero-order valence-corrected chi connectivity index (χ0v) is 18.5. The molecule has 0 radical (unpaired) electrons. The number of hydrogen-bond acceptors (Lipinski definition) is 4. The molecule has 1 N–H and O–H groups in total. The minimum atomic E-state index is -0.0542. The summed E-state index contributed by atoms with van der Waals surface area (Å²) >= 11 is 0. The van der Waals surface area contributed by atoms with Gasteiger partial charge in [0.05, 0.1) is 24.6 Å². The van der Waals surface area contributed by atoms with Gasteiger partial charge in [-0.25, -0.2) is 4.98 Å². The van der Waals surface area contributed by atoms with Gasteiger partial charge in [0.25, 0.3) is 5.56 Å². The minimum absolute atomic E-state index is 0.0542. The molecule has 3 aromatic rings. The molecule has 6 heteroatoms. The third-order valence-corrected chi connectivity index (χ3v) is 6.67. The van der Waals surface area contributed by atoms with Crippen LogP contribution in [0.5, 0.6) is 5.75 Å². The van der Waals surface area contributed by atoms with Gasteiger partial charge in [-0.2, -0.15) is 0 Å². The van der Waals surface area contributed by atoms with E-state index in [2.05, 4.69) is 5.32 Å². The van der Waals surface area contributed by atoms with E-state index in [0.29, 0.717) is 29.1 Å². The van der Waals surface area contributed by atoms with Crippen molar-refractivity contribution < 1.29 is 9.53 Å². The number of carbonyl (C=O) groups is 1. The van der Waals surface area contributed by atoms with E-state index in [0.717, 1.165) is 55.7 Å². The van der Waals surface area contributed by atoms with Crippen molar-refractivity contribution in [2.24, 2.45) is 5.92 Å². The molecule has 2 aliphatic carbocycles. The Labute approximate surface area is 187 Å². The standard InChI is InChI=1S/C26H29N3O3/c1-32-21-12-7-17(8-13-21)16-29-24(18-9-10-18)28-23-14-11-20(15-22(23)26(29)31)27-25(30)19-5-3-2-4-6-19/h7-8,11-15,18-19H,2-6,9-10,16H2,1H3,(H,27,30). The fourth-order valence-electron chi connectivity index (χ4n) is 4.64. The second-order valence-corrected chi connectivity index (χ2v) is 9.04. The molecule has 6 nitrogen and oxygen atoms in total. The van der Waals surface area contributed by atoms with Crippen LogP contribution in [0.4, 0.5) is 5.69 Å². The van der Waals surface area contributed by atoms with Crippen LogP contribution in [0.3, 0.4) is 0 Å². The molecule has 0 aliphatic heterocycles. The number of ether oxygens (including phenoxy) is 1. The zero-order valence-electron chi connectivity index (χ0n) is 18.5. The third-order valence-electron chi connectivity index (χ3n) is 6.67. The van der Waals surface area contributed by atoms with Crippen LogP contribution >= 0.6 is 0 Å². The van der Waals surface area contributed by atoms with Gasteiger partial charge >= 0.3 is 0 Å². The number of benzene rings is 2. The number of hydrogen-bond donors (Lipinski definition) is 1. The van der Waals surface area contributed by atoms with Crippen molar-refractivity contribution in [1.82, 2.24) is 9.55 Å². The molecule has 1 amide bonds. The van der Waals surface area contributed by atoms with Gasteiger partial charge in [0, 0.05) is 17.5 Å². The van der Waals surface area contributed by atoms with Crippen molar-refractivity contribution in [2.45, 2.75) is 57.4 Å². The first-order valence-corrected chi connectivity index (χ1v) is 11.6. The summed E-state index contributed by atoms with van der Waals surface area (Å²) in [7, 11) is 1.64. The highest BCUT2D eigenvalue weighted by Crippen LogP contribution is 2.39. The second kappa shape index (κ2) is 8.77. The highest BCUT2D eigenvalue weighted by atomic mass is 16.5. The van der Waals surface area contributed by atoms with Crippen LogP contribution < -0.4 is 15.6 Å². The van der Waals surface area contributed by atoms with Crippen molar-refractivity contribution in [2.75, 3.05) is 12.4 Å². The molecule has 2 aliphatic rings. The van der Waals surface area contributed by atoms with Gasteiger partial charge in [-0.1, -0.05) is 31.4 Å². The third kappa shape index (κ3) is 4.27. The maximum absolute atomic E-state index is 13.5. The highest BCUT2D eigenvalue weighted by Gasteiger charge is 2.29. The molecule has 0 bridgehead atoms. The lowest BCUT2D eigenvalue weighted by Crippen LogP contribution is -2.26. The highest BCUT2D eigenvalue weighted by molar-refractivity contribution is 5.94. The van der Waals surface area contributed by atoms with Crippen LogP contribution in [0.15, 0.2) is 47.3 Å². The molecule has 0 spiro atoms. The largest absolute Gasteiger partial charge is 0.497 e. The fraction of sp³-hybridized carbons (Fsp3) is 0.423. The predicted molar refractivity (Wildman–Crippen MR) is 125 cm³/mol. The number of aromatic nitrogens is 2. The van der Waals surface area contributed by atoms with E-state index in [1.54, 1.807) is 17.7 Å². The summed E-state index contributed by atoms with van der Waals surface area (Å²) < 4.78 is 7.05. The van der Waals surface area contributed by atoms with E-state index in [1.807, 2.05) is 36.4 Å². The van der Waals surface area contributed by atoms with E-state index in [1.165, 1.54) is 6.42 Å². The van der Waals surface area contributed by atoms with Gasteiger partial charge < -0.3 is 10.1 Å². The van der Waals surface area contributed by atoms with Crippen LogP contribution in [0.1, 0.15) is 62.3 Å². The molecular weight excluding hydrogens is 402 g/mol. The lowest BCUT2D eigenvalue weighted by Gasteiger charge is -2.21. The Morgan fingerprint density at radius 1 is 1.06 bits per heavy atom. The number of methoxy groups -OCH3 is 1. The summed E-state index contributed by atoms with van der Waals surface area (Å²) in [5.74, 6) is 2.12. The van der Waals surface area contributed by atoms with Crippen molar-refractivity contribution in [3.8, 4) is 5.75 Å². The molecule has 5 rings (SSSR count). The van der Waals surface area contributed by atoms with Gasteiger partial charge in [-0.05, 0) is 61.6 Å². The first kappa shape index (κ1) is 20.7. The van der Waals surface area contributed by atoms with E-state index < -0.39 is 0 Å².